The SMILES string of the molecule is CC(C)CC1=Cc2c(cccc2-c2ccccc2CC(C)C)C1. The van der Waals surface area contributed by atoms with Crippen LogP contribution in [0, 0.1) is 11.8 Å². The summed E-state index contributed by atoms with van der Waals surface area (Å²) in [6.07, 6.45) is 5.94. The largest absolute Gasteiger partial charge is 0.0649 e. The molecule has 0 spiro atoms. The first-order valence-electron chi connectivity index (χ1n) is 8.94. The highest BCUT2D eigenvalue weighted by molar-refractivity contribution is 5.82. The third kappa shape index (κ3) is 3.58. The van der Waals surface area contributed by atoms with E-state index >= 15 is 0 Å². The molecule has 0 N–H and O–H groups in total. The van der Waals surface area contributed by atoms with Gasteiger partial charge in [0.05, 0.1) is 0 Å². The third-order valence-electron chi connectivity index (χ3n) is 4.57. The quantitative estimate of drug-likeness (QED) is 0.588. The predicted molar refractivity (Wildman–Crippen MR) is 102 cm³/mol. The van der Waals surface area contributed by atoms with Crippen LogP contribution in [0.1, 0.15) is 50.8 Å². The number of fused-ring (bicyclic) bond motifs is 1. The van der Waals surface area contributed by atoms with Crippen LogP contribution >= 0.6 is 0 Å². The molecule has 0 aromatic heterocycles. The van der Waals surface area contributed by atoms with Crippen LogP contribution < -0.4 is 0 Å². The van der Waals surface area contributed by atoms with Crippen LogP contribution in [0.5, 0.6) is 0 Å². The monoisotopic (exact) mass is 304 g/mol. The van der Waals surface area contributed by atoms with E-state index in [1.165, 1.54) is 34.2 Å². The Bertz CT molecular complexity index is 717. The van der Waals surface area contributed by atoms with Crippen molar-refractivity contribution in [2.75, 3.05) is 0 Å². The molecular formula is C23H28. The summed E-state index contributed by atoms with van der Waals surface area (Å²) in [7, 11) is 0. The standard InChI is InChI=1S/C23H28/c1-16(2)12-18-14-20-9-7-11-22(23(20)15-18)21-10-6-5-8-19(21)13-17(3)4/h5-11,15-17H,12-14H2,1-4H3. The molecular weight excluding hydrogens is 276 g/mol. The summed E-state index contributed by atoms with van der Waals surface area (Å²) < 4.78 is 0. The second-order valence-corrected chi connectivity index (χ2v) is 7.71. The van der Waals surface area contributed by atoms with E-state index in [2.05, 4.69) is 76.2 Å². The average Bonchev–Trinajstić information content (AvgIpc) is 2.88. The van der Waals surface area contributed by atoms with Gasteiger partial charge in [-0.3, -0.25) is 0 Å². The van der Waals surface area contributed by atoms with Gasteiger partial charge >= 0.3 is 0 Å². The highest BCUT2D eigenvalue weighted by Crippen LogP contribution is 2.37. The number of hydrogen-bond acceptors (Lipinski definition) is 0. The minimum atomic E-state index is 0.681. The Balaban J connectivity index is 2.04. The predicted octanol–water partition coefficient (Wildman–Crippen LogP) is 6.54. The minimum Gasteiger partial charge on any atom is -0.0649 e. The average molecular weight is 304 g/mol. The molecule has 0 bridgehead atoms. The van der Waals surface area contributed by atoms with Gasteiger partial charge in [0.15, 0.2) is 0 Å². The van der Waals surface area contributed by atoms with Crippen molar-refractivity contribution in [2.45, 2.75) is 47.0 Å². The van der Waals surface area contributed by atoms with E-state index in [1.54, 1.807) is 5.57 Å². The molecule has 0 radical (unpaired) electrons. The Kier molecular flexibility index (Phi) is 4.71. The van der Waals surface area contributed by atoms with Gasteiger partial charge in [0.2, 0.25) is 0 Å². The van der Waals surface area contributed by atoms with E-state index in [0.29, 0.717) is 5.92 Å². The topological polar surface area (TPSA) is 0 Å². The Morgan fingerprint density at radius 1 is 0.783 bits per heavy atom. The lowest BCUT2D eigenvalue weighted by atomic mass is 9.90. The molecule has 0 nitrogen and oxygen atoms in total. The fourth-order valence-corrected chi connectivity index (χ4v) is 3.73. The summed E-state index contributed by atoms with van der Waals surface area (Å²) in [5.41, 5.74) is 8.85. The van der Waals surface area contributed by atoms with E-state index in [4.69, 9.17) is 0 Å². The second-order valence-electron chi connectivity index (χ2n) is 7.71. The molecule has 0 fully saturated rings. The summed E-state index contributed by atoms with van der Waals surface area (Å²) in [5.74, 6) is 1.41. The first-order valence-corrected chi connectivity index (χ1v) is 8.94. The van der Waals surface area contributed by atoms with Crippen molar-refractivity contribution in [2.24, 2.45) is 11.8 Å². The van der Waals surface area contributed by atoms with Crippen LogP contribution in [0.3, 0.4) is 0 Å². The molecule has 2 aromatic carbocycles. The maximum Gasteiger partial charge on any atom is -0.00575 e. The maximum absolute atomic E-state index is 2.46. The van der Waals surface area contributed by atoms with Gasteiger partial charge < -0.3 is 0 Å². The highest BCUT2D eigenvalue weighted by Gasteiger charge is 2.18. The van der Waals surface area contributed by atoms with Crippen molar-refractivity contribution in [3.8, 4) is 11.1 Å². The smallest absolute Gasteiger partial charge is 0.00575 e. The Morgan fingerprint density at radius 2 is 1.48 bits per heavy atom. The van der Waals surface area contributed by atoms with Crippen molar-refractivity contribution in [3.63, 3.8) is 0 Å². The molecule has 120 valence electrons. The molecule has 0 heteroatoms. The summed E-state index contributed by atoms with van der Waals surface area (Å²) >= 11 is 0. The zero-order valence-corrected chi connectivity index (χ0v) is 14.9. The van der Waals surface area contributed by atoms with E-state index < -0.39 is 0 Å². The summed E-state index contributed by atoms with van der Waals surface area (Å²) in [4.78, 5) is 0. The van der Waals surface area contributed by atoms with Crippen LogP contribution in [-0.4, -0.2) is 0 Å². The van der Waals surface area contributed by atoms with E-state index in [0.717, 1.165) is 18.8 Å². The normalized spacial score (nSPS) is 13.6. The van der Waals surface area contributed by atoms with Gasteiger partial charge in [-0.05, 0) is 58.9 Å². The molecule has 23 heavy (non-hydrogen) atoms. The molecule has 0 saturated carbocycles. The first kappa shape index (κ1) is 16.1. The van der Waals surface area contributed by atoms with Crippen LogP contribution in [0.2, 0.25) is 0 Å². The molecule has 0 atom stereocenters. The van der Waals surface area contributed by atoms with Gasteiger partial charge in [0.25, 0.3) is 0 Å². The molecule has 2 aromatic rings. The number of allylic oxidation sites excluding steroid dienone is 1. The fraction of sp³-hybridized carbons (Fsp3) is 0.391. The van der Waals surface area contributed by atoms with E-state index in [1.807, 2.05) is 0 Å². The third-order valence-corrected chi connectivity index (χ3v) is 4.57. The van der Waals surface area contributed by atoms with Gasteiger partial charge in [0, 0.05) is 0 Å². The number of hydrogen-bond donors (Lipinski definition) is 0. The molecule has 0 unspecified atom stereocenters. The summed E-state index contributed by atoms with van der Waals surface area (Å²) in [6, 6.07) is 15.8. The van der Waals surface area contributed by atoms with Crippen molar-refractivity contribution in [1.29, 1.82) is 0 Å². The molecule has 1 aliphatic rings. The van der Waals surface area contributed by atoms with Crippen LogP contribution in [0.4, 0.5) is 0 Å². The van der Waals surface area contributed by atoms with Crippen LogP contribution in [0.15, 0.2) is 48.0 Å². The van der Waals surface area contributed by atoms with Crippen molar-refractivity contribution < 1.29 is 0 Å². The molecule has 1 aliphatic carbocycles. The lowest BCUT2D eigenvalue weighted by Crippen LogP contribution is -1.98. The molecule has 3 rings (SSSR count). The zero-order chi connectivity index (χ0) is 16.4. The molecule has 0 heterocycles. The van der Waals surface area contributed by atoms with Crippen LogP contribution in [-0.2, 0) is 12.8 Å². The van der Waals surface area contributed by atoms with Crippen LogP contribution in [0.25, 0.3) is 17.2 Å². The minimum absolute atomic E-state index is 0.681. The zero-order valence-electron chi connectivity index (χ0n) is 14.9. The lowest BCUT2D eigenvalue weighted by Gasteiger charge is -2.14. The Hall–Kier alpha value is -1.82. The van der Waals surface area contributed by atoms with Gasteiger partial charge in [-0.15, -0.1) is 0 Å². The Labute approximate surface area is 141 Å². The number of benzene rings is 2. The summed E-state index contributed by atoms with van der Waals surface area (Å²) in [6.45, 7) is 9.21. The Morgan fingerprint density at radius 3 is 2.22 bits per heavy atom. The molecule has 0 saturated heterocycles. The lowest BCUT2D eigenvalue weighted by molar-refractivity contribution is 0.638. The van der Waals surface area contributed by atoms with Gasteiger partial charge in [0.1, 0.15) is 0 Å². The summed E-state index contributed by atoms with van der Waals surface area (Å²) in [5, 5.41) is 0. The van der Waals surface area contributed by atoms with Crippen molar-refractivity contribution in [3.05, 3.63) is 64.7 Å². The van der Waals surface area contributed by atoms with Gasteiger partial charge in [-0.2, -0.15) is 0 Å². The highest BCUT2D eigenvalue weighted by atomic mass is 14.2. The number of rotatable bonds is 5. The van der Waals surface area contributed by atoms with Crippen molar-refractivity contribution in [1.82, 2.24) is 0 Å². The van der Waals surface area contributed by atoms with Gasteiger partial charge in [-0.1, -0.05) is 81.8 Å². The second kappa shape index (κ2) is 6.74. The first-order chi connectivity index (χ1) is 11.0. The fourth-order valence-electron chi connectivity index (χ4n) is 3.73. The van der Waals surface area contributed by atoms with Crippen molar-refractivity contribution >= 4 is 6.08 Å². The maximum atomic E-state index is 2.46. The molecule has 0 amide bonds. The molecule has 0 aliphatic heterocycles. The van der Waals surface area contributed by atoms with E-state index in [9.17, 15) is 0 Å². The van der Waals surface area contributed by atoms with E-state index in [-0.39, 0.29) is 0 Å². The van der Waals surface area contributed by atoms with Gasteiger partial charge in [-0.25, -0.2) is 0 Å².